The Balaban J connectivity index is 0.00000840. The average molecular weight is 671 g/mol. The van der Waals surface area contributed by atoms with Gasteiger partial charge in [0.05, 0.1) is 16.7 Å². The van der Waals surface area contributed by atoms with Gasteiger partial charge in [-0.2, -0.15) is 0 Å². The molecule has 9 heteroatoms. The van der Waals surface area contributed by atoms with E-state index >= 15 is 0 Å². The number of fused-ring (bicyclic) bond motifs is 2. The molecule has 2 heterocycles. The van der Waals surface area contributed by atoms with Crippen LogP contribution in [0.3, 0.4) is 0 Å². The molecule has 1 aliphatic heterocycles. The molecule has 0 aromatic carbocycles. The van der Waals surface area contributed by atoms with Crippen LogP contribution in [0.25, 0.3) is 0 Å². The van der Waals surface area contributed by atoms with Crippen LogP contribution in [0.1, 0.15) is 64.6 Å². The minimum Gasteiger partial charge on any atom is -0.556 e. The second-order valence-electron chi connectivity index (χ2n) is 10.0. The summed E-state index contributed by atoms with van der Waals surface area (Å²) in [4.78, 5) is 30.2. The predicted molar refractivity (Wildman–Crippen MR) is 169 cm³/mol. The topological polar surface area (TPSA) is 89.6 Å². The SMILES string of the molecule is C=[C-]NC1CCCc2csc(n2)CC(/C=C(C)/C=C/C(C)=C/CNCC)OC(=O)/C=C\C=C(/C)CC(C)OC1=O.[CH3-].[Y]. The van der Waals surface area contributed by atoms with E-state index in [1.807, 2.05) is 44.4 Å². The fourth-order valence-corrected chi connectivity index (χ4v) is 4.98. The predicted octanol–water partition coefficient (Wildman–Crippen LogP) is 6.17. The molecule has 1 aromatic rings. The summed E-state index contributed by atoms with van der Waals surface area (Å²) in [7, 11) is 0. The Bertz CT molecular complexity index is 1140. The number of nitrogens with one attached hydrogen (secondary N) is 2. The van der Waals surface area contributed by atoms with Crippen LogP contribution in [0.5, 0.6) is 0 Å². The molecule has 7 nitrogen and oxygen atoms in total. The van der Waals surface area contributed by atoms with Gasteiger partial charge >= 0.3 is 11.9 Å². The van der Waals surface area contributed by atoms with Gasteiger partial charge in [-0.25, -0.2) is 14.6 Å². The Kier molecular flexibility index (Phi) is 21.3. The third-order valence-corrected chi connectivity index (χ3v) is 7.07. The van der Waals surface area contributed by atoms with Gasteiger partial charge in [-0.1, -0.05) is 54.0 Å². The number of thiazole rings is 1. The zero-order chi connectivity index (χ0) is 29.3. The molecule has 229 valence electrons. The Morgan fingerprint density at radius 1 is 1.21 bits per heavy atom. The maximum absolute atomic E-state index is 12.7. The molecule has 42 heavy (non-hydrogen) atoms. The number of hydrogen-bond donors (Lipinski definition) is 2. The molecule has 2 rings (SSSR count). The molecule has 0 aliphatic carbocycles. The number of rotatable bonds is 8. The molecule has 2 N–H and O–H groups in total. The largest absolute Gasteiger partial charge is 0.556 e. The summed E-state index contributed by atoms with van der Waals surface area (Å²) in [5.74, 6) is -0.748. The van der Waals surface area contributed by atoms with Crippen LogP contribution < -0.4 is 10.6 Å². The van der Waals surface area contributed by atoms with Crippen LogP contribution in [-0.2, 0) is 64.6 Å². The number of allylic oxidation sites excluding steroid dienone is 6. The minimum atomic E-state index is -0.512. The zero-order valence-electron chi connectivity index (χ0n) is 26.1. The van der Waals surface area contributed by atoms with E-state index in [-0.39, 0.29) is 52.2 Å². The number of likely N-dealkylation sites (N-methyl/N-ethyl adjacent to an activating group) is 1. The number of cyclic esters (lactones) is 2. The van der Waals surface area contributed by atoms with Crippen molar-refractivity contribution in [3.63, 3.8) is 0 Å². The van der Waals surface area contributed by atoms with Gasteiger partial charge < -0.3 is 33.7 Å². The molecule has 3 atom stereocenters. The number of carbonyl (C=O) groups excluding carboxylic acids is 2. The van der Waals surface area contributed by atoms with E-state index in [1.54, 1.807) is 17.4 Å². The van der Waals surface area contributed by atoms with Gasteiger partial charge in [0.2, 0.25) is 0 Å². The fraction of sp³-hybridized carbons (Fsp3) is 0.455. The molecule has 0 saturated heterocycles. The monoisotopic (exact) mass is 670 g/mol. The van der Waals surface area contributed by atoms with Crippen molar-refractivity contribution in [2.45, 2.75) is 85.0 Å². The Hall–Kier alpha value is -2.13. The third kappa shape index (κ3) is 16.5. The van der Waals surface area contributed by atoms with E-state index in [2.05, 4.69) is 49.4 Å². The van der Waals surface area contributed by atoms with Crippen molar-refractivity contribution >= 4 is 23.3 Å². The molecular weight excluding hydrogens is 623 g/mol. The van der Waals surface area contributed by atoms with Gasteiger partial charge in [-0.05, 0) is 59.6 Å². The second kappa shape index (κ2) is 22.4. The maximum Gasteiger partial charge on any atom is 0.331 e. The smallest absolute Gasteiger partial charge is 0.331 e. The van der Waals surface area contributed by atoms with Crippen LogP contribution in [0.2, 0.25) is 0 Å². The van der Waals surface area contributed by atoms with Crippen molar-refractivity contribution in [3.05, 3.63) is 95.5 Å². The van der Waals surface area contributed by atoms with Gasteiger partial charge in [0.15, 0.2) is 0 Å². The quantitative estimate of drug-likeness (QED) is 0.113. The van der Waals surface area contributed by atoms with E-state index in [1.165, 1.54) is 6.08 Å². The molecule has 0 amide bonds. The summed E-state index contributed by atoms with van der Waals surface area (Å²) in [6, 6.07) is -0.512. The molecule has 0 saturated carbocycles. The number of esters is 2. The van der Waals surface area contributed by atoms with Gasteiger partial charge in [-0.15, -0.1) is 11.3 Å². The molecule has 1 aromatic heterocycles. The molecular formula is C33H47N3O4SY-2. The first-order valence-electron chi connectivity index (χ1n) is 13.9. The minimum absolute atomic E-state index is 0. The number of carbonyl (C=O) groups is 2. The number of nitrogens with zero attached hydrogens (tertiary/aromatic N) is 1. The molecule has 0 spiro atoms. The van der Waals surface area contributed by atoms with Gasteiger partial charge in [0, 0.05) is 63.6 Å². The van der Waals surface area contributed by atoms with Crippen molar-refractivity contribution in [2.75, 3.05) is 13.1 Å². The van der Waals surface area contributed by atoms with Crippen molar-refractivity contribution in [2.24, 2.45) is 0 Å². The summed E-state index contributed by atoms with van der Waals surface area (Å²) in [5, 5.41) is 9.10. The Labute approximate surface area is 282 Å². The molecule has 1 radical (unpaired) electrons. The molecule has 3 unspecified atom stereocenters. The van der Waals surface area contributed by atoms with Crippen LogP contribution in [0.4, 0.5) is 0 Å². The number of aryl methyl sites for hydroxylation is 1. The van der Waals surface area contributed by atoms with E-state index in [9.17, 15) is 9.59 Å². The van der Waals surface area contributed by atoms with E-state index in [0.717, 1.165) is 53.4 Å². The zero-order valence-corrected chi connectivity index (χ0v) is 29.7. The molecule has 2 bridgehead atoms. The first-order valence-corrected chi connectivity index (χ1v) is 14.8. The van der Waals surface area contributed by atoms with Gasteiger partial charge in [0.25, 0.3) is 0 Å². The Morgan fingerprint density at radius 2 is 1.95 bits per heavy atom. The Morgan fingerprint density at radius 3 is 2.67 bits per heavy atom. The van der Waals surface area contributed by atoms with E-state index < -0.39 is 18.1 Å². The van der Waals surface area contributed by atoms with Crippen LogP contribution in [0.15, 0.2) is 71.2 Å². The normalized spacial score (nSPS) is 23.5. The number of hydrogen-bond acceptors (Lipinski definition) is 8. The third-order valence-electron chi connectivity index (χ3n) is 6.15. The number of aromatic nitrogens is 1. The first kappa shape index (κ1) is 39.9. The maximum atomic E-state index is 12.7. The fourth-order valence-electron chi connectivity index (χ4n) is 4.10. The summed E-state index contributed by atoms with van der Waals surface area (Å²) < 4.78 is 11.5. The van der Waals surface area contributed by atoms with Gasteiger partial charge in [0.1, 0.15) is 12.2 Å². The standard InChI is InChI=1S/C32H44N3O4S.CH3.Y/c1-7-33-18-17-23(3)15-16-25(5)20-28-21-30-35-27(22-40-30)12-10-13-29(34-8-2)32(37)38-26(6)19-24(4)11-9-14-31(36)39-28;;/h9,11,14-17,20,22,26,28-29,33-34H,2,7,10,12-13,18-19,21H2,1,3-6H3;1H3;/q2*-1;/b14-9-,16-15+,23-17+,24-11+,25-20+;;. The van der Waals surface area contributed by atoms with Crippen molar-refractivity contribution in [1.29, 1.82) is 0 Å². The summed E-state index contributed by atoms with van der Waals surface area (Å²) in [6.07, 6.45) is 18.1. The van der Waals surface area contributed by atoms with Crippen LogP contribution in [0, 0.1) is 13.6 Å². The average Bonchev–Trinajstić information content (AvgIpc) is 3.33. The summed E-state index contributed by atoms with van der Waals surface area (Å²) in [5.41, 5.74) is 4.09. The number of ether oxygens (including phenoxy) is 2. The summed E-state index contributed by atoms with van der Waals surface area (Å²) >= 11 is 1.55. The van der Waals surface area contributed by atoms with Crippen molar-refractivity contribution in [3.8, 4) is 0 Å². The second-order valence-corrected chi connectivity index (χ2v) is 10.9. The van der Waals surface area contributed by atoms with E-state index in [4.69, 9.17) is 14.5 Å². The van der Waals surface area contributed by atoms with Crippen molar-refractivity contribution in [1.82, 2.24) is 15.6 Å². The molecule has 0 fully saturated rings. The van der Waals surface area contributed by atoms with E-state index in [0.29, 0.717) is 19.3 Å². The van der Waals surface area contributed by atoms with Crippen LogP contribution >= 0.6 is 11.3 Å². The van der Waals surface area contributed by atoms with Crippen LogP contribution in [-0.4, -0.2) is 48.3 Å². The van der Waals surface area contributed by atoms with Crippen molar-refractivity contribution < 1.29 is 51.8 Å². The summed E-state index contributed by atoms with van der Waals surface area (Å²) in [6.45, 7) is 15.3. The molecule has 1 aliphatic rings. The first-order chi connectivity index (χ1) is 19.2. The van der Waals surface area contributed by atoms with Gasteiger partial charge in [-0.3, -0.25) is 6.58 Å².